The number of hydrazone groups is 1. The largest absolute Gasteiger partial charge is 0.422 e. The van der Waals surface area contributed by atoms with E-state index in [0.29, 0.717) is 11.0 Å². The van der Waals surface area contributed by atoms with E-state index in [-0.39, 0.29) is 17.0 Å². The SMILES string of the molecule is NC(=[NH+]NC(=O)c1cccc(F)c1)c1cc2ccccc2oc1=O. The quantitative estimate of drug-likeness (QED) is 0.274. The molecule has 3 rings (SSSR count). The Morgan fingerprint density at radius 1 is 1.12 bits per heavy atom. The molecule has 0 radical (unpaired) electrons. The molecule has 0 bridgehead atoms. The molecule has 4 N–H and O–H groups in total. The molecule has 3 aromatic rings. The minimum atomic E-state index is -0.640. The van der Waals surface area contributed by atoms with Crippen LogP contribution < -0.4 is 21.9 Å². The molecule has 0 atom stereocenters. The Kier molecular flexibility index (Phi) is 4.07. The Morgan fingerprint density at radius 2 is 1.92 bits per heavy atom. The number of halogens is 1. The van der Waals surface area contributed by atoms with Crippen LogP contribution in [0.15, 0.2) is 63.8 Å². The van der Waals surface area contributed by atoms with Crippen LogP contribution in [-0.2, 0) is 0 Å². The highest BCUT2D eigenvalue weighted by Crippen LogP contribution is 2.11. The Morgan fingerprint density at radius 3 is 2.71 bits per heavy atom. The lowest BCUT2D eigenvalue weighted by Gasteiger charge is -2.00. The molecular weight excluding hydrogens is 313 g/mol. The second-order valence-corrected chi connectivity index (χ2v) is 4.99. The summed E-state index contributed by atoms with van der Waals surface area (Å²) >= 11 is 0. The number of benzene rings is 2. The summed E-state index contributed by atoms with van der Waals surface area (Å²) < 4.78 is 18.3. The predicted molar refractivity (Wildman–Crippen MR) is 85.6 cm³/mol. The standard InChI is InChI=1S/C17H12FN3O3/c18-12-6-3-5-11(8-12)16(22)21-20-15(19)13-9-10-4-1-2-7-14(10)24-17(13)23/h1-9H,(H2,19,20)(H,21,22)/p+1. The zero-order valence-corrected chi connectivity index (χ0v) is 12.4. The number of hydrogen-bond donors (Lipinski definition) is 3. The molecule has 120 valence electrons. The number of para-hydroxylation sites is 1. The number of carbonyl (C=O) groups excluding carboxylic acids is 1. The van der Waals surface area contributed by atoms with Crippen molar-refractivity contribution in [3.8, 4) is 0 Å². The number of hydrogen-bond acceptors (Lipinski definition) is 3. The van der Waals surface area contributed by atoms with Gasteiger partial charge >= 0.3 is 11.5 Å². The molecule has 0 spiro atoms. The third-order valence-electron chi connectivity index (χ3n) is 3.33. The second kappa shape index (κ2) is 6.33. The van der Waals surface area contributed by atoms with Gasteiger partial charge in [0.25, 0.3) is 5.91 Å². The normalized spacial score (nSPS) is 11.5. The average molecular weight is 326 g/mol. The second-order valence-electron chi connectivity index (χ2n) is 4.99. The van der Waals surface area contributed by atoms with Crippen LogP contribution in [0, 0.1) is 5.82 Å². The zero-order valence-electron chi connectivity index (χ0n) is 12.4. The van der Waals surface area contributed by atoms with E-state index in [1.807, 2.05) is 0 Å². The van der Waals surface area contributed by atoms with Crippen LogP contribution in [-0.4, -0.2) is 11.7 Å². The zero-order chi connectivity index (χ0) is 17.1. The Balaban J connectivity index is 1.87. The maximum Gasteiger partial charge on any atom is 0.352 e. The van der Waals surface area contributed by atoms with E-state index in [4.69, 9.17) is 10.2 Å². The summed E-state index contributed by atoms with van der Waals surface area (Å²) in [6.45, 7) is 0. The molecule has 0 aliphatic carbocycles. The smallest absolute Gasteiger partial charge is 0.352 e. The van der Waals surface area contributed by atoms with Gasteiger partial charge in [-0.25, -0.2) is 9.18 Å². The lowest BCUT2D eigenvalue weighted by atomic mass is 10.2. The molecular formula is C17H13FN3O3+. The Labute approximate surface area is 135 Å². The van der Waals surface area contributed by atoms with Crippen LogP contribution in [0.2, 0.25) is 0 Å². The van der Waals surface area contributed by atoms with Crippen LogP contribution in [0.4, 0.5) is 4.39 Å². The summed E-state index contributed by atoms with van der Waals surface area (Å²) in [4.78, 5) is 23.9. The van der Waals surface area contributed by atoms with E-state index < -0.39 is 17.3 Å². The van der Waals surface area contributed by atoms with Crippen molar-refractivity contribution in [3.05, 3.63) is 82.0 Å². The van der Waals surface area contributed by atoms with Crippen LogP contribution in [0.25, 0.3) is 11.0 Å². The van der Waals surface area contributed by atoms with Crippen LogP contribution >= 0.6 is 0 Å². The van der Waals surface area contributed by atoms with Crippen molar-refractivity contribution in [2.75, 3.05) is 0 Å². The molecule has 6 nitrogen and oxygen atoms in total. The summed E-state index contributed by atoms with van der Waals surface area (Å²) in [7, 11) is 0. The van der Waals surface area contributed by atoms with E-state index in [9.17, 15) is 14.0 Å². The van der Waals surface area contributed by atoms with Gasteiger partial charge in [-0.1, -0.05) is 24.3 Å². The molecule has 0 aliphatic heterocycles. The van der Waals surface area contributed by atoms with Gasteiger partial charge in [0.05, 0.1) is 0 Å². The summed E-state index contributed by atoms with van der Waals surface area (Å²) in [5, 5.41) is 3.12. The lowest BCUT2D eigenvalue weighted by molar-refractivity contribution is -0.508. The third kappa shape index (κ3) is 3.14. The maximum absolute atomic E-state index is 13.1. The van der Waals surface area contributed by atoms with Crippen molar-refractivity contribution in [2.45, 2.75) is 0 Å². The van der Waals surface area contributed by atoms with E-state index in [2.05, 4.69) is 10.5 Å². The Bertz CT molecular complexity index is 1010. The van der Waals surface area contributed by atoms with Crippen molar-refractivity contribution in [1.82, 2.24) is 5.43 Å². The van der Waals surface area contributed by atoms with E-state index in [1.54, 1.807) is 30.3 Å². The number of carbonyl (C=O) groups is 1. The summed E-state index contributed by atoms with van der Waals surface area (Å²) in [6, 6.07) is 13.7. The minimum Gasteiger partial charge on any atom is -0.422 e. The first-order valence-electron chi connectivity index (χ1n) is 7.02. The maximum atomic E-state index is 13.1. The first kappa shape index (κ1) is 15.4. The molecule has 24 heavy (non-hydrogen) atoms. The number of nitrogens with one attached hydrogen (secondary N) is 2. The van der Waals surface area contributed by atoms with Crippen LogP contribution in [0.1, 0.15) is 15.9 Å². The fourth-order valence-electron chi connectivity index (χ4n) is 2.14. The molecule has 0 saturated carbocycles. The fourth-order valence-corrected chi connectivity index (χ4v) is 2.14. The summed E-state index contributed by atoms with van der Waals surface area (Å²) in [5.74, 6) is -1.21. The third-order valence-corrected chi connectivity index (χ3v) is 3.33. The molecule has 1 aromatic heterocycles. The summed E-state index contributed by atoms with van der Waals surface area (Å²) in [5.41, 5.74) is 8.08. The number of amidine groups is 1. The topological polar surface area (TPSA) is 99.3 Å². The molecule has 0 aliphatic rings. The van der Waals surface area contributed by atoms with Crippen molar-refractivity contribution >= 4 is 22.7 Å². The van der Waals surface area contributed by atoms with Crippen molar-refractivity contribution in [2.24, 2.45) is 5.73 Å². The van der Waals surface area contributed by atoms with Crippen LogP contribution in [0.3, 0.4) is 0 Å². The highest BCUT2D eigenvalue weighted by atomic mass is 19.1. The first-order chi connectivity index (χ1) is 11.5. The molecule has 1 amide bonds. The van der Waals surface area contributed by atoms with Crippen LogP contribution in [0.5, 0.6) is 0 Å². The van der Waals surface area contributed by atoms with Crippen molar-refractivity contribution < 1.29 is 18.7 Å². The number of rotatable bonds is 3. The highest BCUT2D eigenvalue weighted by molar-refractivity contribution is 5.97. The molecule has 2 aromatic carbocycles. The molecule has 0 unspecified atom stereocenters. The van der Waals surface area contributed by atoms with Gasteiger partial charge in [0.1, 0.15) is 11.4 Å². The van der Waals surface area contributed by atoms with Gasteiger partial charge in [0, 0.05) is 10.9 Å². The number of nitrogen functional groups attached to an aromatic ring is 1. The van der Waals surface area contributed by atoms with Gasteiger partial charge in [0.2, 0.25) is 0 Å². The number of hydrazine groups is 1. The number of nitrogens with two attached hydrogens (primary N) is 1. The fraction of sp³-hybridized carbons (Fsp3) is 0. The molecule has 1 heterocycles. The predicted octanol–water partition coefficient (Wildman–Crippen LogP) is 0.0630. The number of amides is 1. The molecule has 7 heteroatoms. The average Bonchev–Trinajstić information content (AvgIpc) is 2.58. The van der Waals surface area contributed by atoms with Crippen molar-refractivity contribution in [1.29, 1.82) is 0 Å². The van der Waals surface area contributed by atoms with E-state index in [0.717, 1.165) is 6.07 Å². The van der Waals surface area contributed by atoms with E-state index in [1.165, 1.54) is 18.2 Å². The summed E-state index contributed by atoms with van der Waals surface area (Å²) in [6.07, 6.45) is 0. The van der Waals surface area contributed by atoms with Gasteiger partial charge in [-0.15, -0.1) is 0 Å². The monoisotopic (exact) mass is 326 g/mol. The van der Waals surface area contributed by atoms with Gasteiger partial charge in [-0.05, 0) is 30.3 Å². The van der Waals surface area contributed by atoms with Gasteiger partial charge < -0.3 is 4.42 Å². The first-order valence-corrected chi connectivity index (χ1v) is 7.02. The van der Waals surface area contributed by atoms with Gasteiger partial charge in [-0.2, -0.15) is 10.5 Å². The van der Waals surface area contributed by atoms with Crippen molar-refractivity contribution in [3.63, 3.8) is 0 Å². The lowest BCUT2D eigenvalue weighted by Crippen LogP contribution is -2.86. The van der Waals surface area contributed by atoms with E-state index >= 15 is 0 Å². The molecule has 0 saturated heterocycles. The Hall–Kier alpha value is -3.48. The highest BCUT2D eigenvalue weighted by Gasteiger charge is 2.14. The number of fused-ring (bicyclic) bond motifs is 1. The van der Waals surface area contributed by atoms with Gasteiger partial charge in [-0.3, -0.25) is 10.5 Å². The molecule has 0 fully saturated rings. The minimum absolute atomic E-state index is 0.0771. The van der Waals surface area contributed by atoms with Gasteiger partial charge in [0.15, 0.2) is 5.56 Å².